The molecule has 2 nitrogen and oxygen atoms in total. The summed E-state index contributed by atoms with van der Waals surface area (Å²) in [6.45, 7) is 2.93. The van der Waals surface area contributed by atoms with E-state index >= 15 is 0 Å². The van der Waals surface area contributed by atoms with Gasteiger partial charge in [0.15, 0.2) is 0 Å². The summed E-state index contributed by atoms with van der Waals surface area (Å²) in [6, 6.07) is 18.5. The lowest BCUT2D eigenvalue weighted by Gasteiger charge is -2.16. The first-order valence-electron chi connectivity index (χ1n) is 6.88. The maximum atomic E-state index is 10.1. The lowest BCUT2D eigenvalue weighted by molar-refractivity contribution is 0.165. The van der Waals surface area contributed by atoms with E-state index in [0.29, 0.717) is 12.5 Å². The molecule has 0 amide bonds. The molecule has 0 aliphatic rings. The van der Waals surface area contributed by atoms with E-state index in [9.17, 15) is 5.11 Å². The van der Waals surface area contributed by atoms with E-state index in [1.807, 2.05) is 42.5 Å². The maximum Gasteiger partial charge on any atom is 0.0802 e. The molecule has 0 spiro atoms. The largest absolute Gasteiger partial charge is 0.388 e. The Bertz CT molecular complexity index is 512. The number of hydrogen-bond acceptors (Lipinski definition) is 2. The van der Waals surface area contributed by atoms with Crippen LogP contribution in [0.5, 0.6) is 0 Å². The molecule has 3 heteroatoms. The molecule has 0 aliphatic carbocycles. The van der Waals surface area contributed by atoms with Crippen molar-refractivity contribution in [2.24, 2.45) is 0 Å². The van der Waals surface area contributed by atoms with E-state index in [0.717, 1.165) is 16.6 Å². The quantitative estimate of drug-likeness (QED) is 0.829. The minimum atomic E-state index is -0.418. The minimum Gasteiger partial charge on any atom is -0.388 e. The molecule has 2 rings (SSSR count). The molecule has 2 N–H and O–H groups in total. The Labute approximate surface area is 129 Å². The Hall–Kier alpha value is -1.16. The highest BCUT2D eigenvalue weighted by Crippen LogP contribution is 2.19. The number of aliphatic hydroxyl groups excluding tert-OH is 1. The molecule has 2 unspecified atom stereocenters. The summed E-state index contributed by atoms with van der Waals surface area (Å²) in [5.74, 6) is 0. The second kappa shape index (κ2) is 7.58. The number of rotatable bonds is 6. The van der Waals surface area contributed by atoms with E-state index < -0.39 is 6.10 Å². The van der Waals surface area contributed by atoms with Gasteiger partial charge in [0, 0.05) is 10.5 Å². The van der Waals surface area contributed by atoms with Crippen LogP contribution in [0.1, 0.15) is 36.6 Å². The predicted octanol–water partition coefficient (Wildman–Crippen LogP) is 4.22. The third kappa shape index (κ3) is 4.44. The Morgan fingerprint density at radius 3 is 2.30 bits per heavy atom. The standard InChI is InChI=1S/C17H20BrNO/c1-13(14-5-3-2-4-6-14)19-12-11-17(20)15-7-9-16(18)10-8-15/h2-10,13,17,19-20H,11-12H2,1H3. The maximum absolute atomic E-state index is 10.1. The number of benzene rings is 2. The van der Waals surface area contributed by atoms with Crippen LogP contribution in [0.3, 0.4) is 0 Å². The summed E-state index contributed by atoms with van der Waals surface area (Å²) in [6.07, 6.45) is 0.289. The first-order chi connectivity index (χ1) is 9.66. The molecular formula is C17H20BrNO. The zero-order valence-corrected chi connectivity index (χ0v) is 13.2. The molecule has 0 saturated carbocycles. The van der Waals surface area contributed by atoms with E-state index in [-0.39, 0.29) is 0 Å². The van der Waals surface area contributed by atoms with Gasteiger partial charge in [0.25, 0.3) is 0 Å². The van der Waals surface area contributed by atoms with Crippen LogP contribution in [0.25, 0.3) is 0 Å². The molecule has 2 aromatic carbocycles. The number of nitrogens with one attached hydrogen (secondary N) is 1. The van der Waals surface area contributed by atoms with Crippen LogP contribution < -0.4 is 5.32 Å². The van der Waals surface area contributed by atoms with Crippen LogP contribution in [-0.2, 0) is 0 Å². The van der Waals surface area contributed by atoms with Gasteiger partial charge in [0.1, 0.15) is 0 Å². The van der Waals surface area contributed by atoms with Crippen molar-refractivity contribution >= 4 is 15.9 Å². The van der Waals surface area contributed by atoms with Gasteiger partial charge in [-0.25, -0.2) is 0 Å². The van der Waals surface area contributed by atoms with Crippen molar-refractivity contribution in [3.05, 3.63) is 70.2 Å². The molecule has 0 saturated heterocycles. The smallest absolute Gasteiger partial charge is 0.0802 e. The van der Waals surface area contributed by atoms with E-state index in [2.05, 4.69) is 40.3 Å². The SMILES string of the molecule is CC(NCCC(O)c1ccc(Br)cc1)c1ccccc1. The van der Waals surface area contributed by atoms with Gasteiger partial charge in [0.05, 0.1) is 6.10 Å². The Balaban J connectivity index is 1.79. The van der Waals surface area contributed by atoms with Crippen LogP contribution in [0, 0.1) is 0 Å². The van der Waals surface area contributed by atoms with Crippen molar-refractivity contribution in [2.75, 3.05) is 6.54 Å². The number of hydrogen-bond donors (Lipinski definition) is 2. The Morgan fingerprint density at radius 1 is 1.00 bits per heavy atom. The molecule has 20 heavy (non-hydrogen) atoms. The normalized spacial score (nSPS) is 13.9. The molecule has 0 bridgehead atoms. The predicted molar refractivity (Wildman–Crippen MR) is 86.6 cm³/mol. The van der Waals surface area contributed by atoms with Gasteiger partial charge in [-0.05, 0) is 43.1 Å². The van der Waals surface area contributed by atoms with E-state index in [1.165, 1.54) is 5.56 Å². The topological polar surface area (TPSA) is 32.3 Å². The van der Waals surface area contributed by atoms with Crippen LogP contribution in [-0.4, -0.2) is 11.7 Å². The van der Waals surface area contributed by atoms with E-state index in [1.54, 1.807) is 0 Å². The average Bonchev–Trinajstić information content (AvgIpc) is 2.48. The van der Waals surface area contributed by atoms with Gasteiger partial charge >= 0.3 is 0 Å². The summed E-state index contributed by atoms with van der Waals surface area (Å²) in [4.78, 5) is 0. The number of aliphatic hydroxyl groups is 1. The Morgan fingerprint density at radius 2 is 1.65 bits per heavy atom. The van der Waals surface area contributed by atoms with Crippen molar-refractivity contribution in [3.63, 3.8) is 0 Å². The third-order valence-electron chi connectivity index (χ3n) is 3.42. The molecule has 2 aromatic rings. The summed E-state index contributed by atoms with van der Waals surface area (Å²) in [5.41, 5.74) is 2.23. The summed E-state index contributed by atoms with van der Waals surface area (Å²) in [7, 11) is 0. The molecule has 0 radical (unpaired) electrons. The van der Waals surface area contributed by atoms with E-state index in [4.69, 9.17) is 0 Å². The summed E-state index contributed by atoms with van der Waals surface area (Å²) < 4.78 is 1.03. The molecular weight excluding hydrogens is 314 g/mol. The van der Waals surface area contributed by atoms with Crippen LogP contribution in [0.4, 0.5) is 0 Å². The Kier molecular flexibility index (Phi) is 5.77. The van der Waals surface area contributed by atoms with Crippen LogP contribution in [0.15, 0.2) is 59.1 Å². The van der Waals surface area contributed by atoms with Crippen molar-refractivity contribution in [1.82, 2.24) is 5.32 Å². The fourth-order valence-corrected chi connectivity index (χ4v) is 2.41. The molecule has 106 valence electrons. The first kappa shape index (κ1) is 15.2. The van der Waals surface area contributed by atoms with Gasteiger partial charge in [-0.2, -0.15) is 0 Å². The van der Waals surface area contributed by atoms with Gasteiger partial charge in [0.2, 0.25) is 0 Å². The van der Waals surface area contributed by atoms with Crippen molar-refractivity contribution < 1.29 is 5.11 Å². The second-order valence-electron chi connectivity index (χ2n) is 4.94. The second-order valence-corrected chi connectivity index (χ2v) is 5.86. The molecule has 2 atom stereocenters. The van der Waals surface area contributed by atoms with Gasteiger partial charge in [-0.3, -0.25) is 0 Å². The summed E-state index contributed by atoms with van der Waals surface area (Å²) in [5, 5.41) is 13.6. The average molecular weight is 334 g/mol. The zero-order valence-electron chi connectivity index (χ0n) is 11.6. The molecule has 0 fully saturated rings. The molecule has 0 aromatic heterocycles. The lowest BCUT2D eigenvalue weighted by atomic mass is 10.1. The highest BCUT2D eigenvalue weighted by molar-refractivity contribution is 9.10. The lowest BCUT2D eigenvalue weighted by Crippen LogP contribution is -2.21. The van der Waals surface area contributed by atoms with Crippen molar-refractivity contribution in [1.29, 1.82) is 0 Å². The minimum absolute atomic E-state index is 0.299. The molecule has 0 aliphatic heterocycles. The zero-order chi connectivity index (χ0) is 14.4. The van der Waals surface area contributed by atoms with Crippen LogP contribution in [0.2, 0.25) is 0 Å². The third-order valence-corrected chi connectivity index (χ3v) is 3.95. The van der Waals surface area contributed by atoms with Crippen molar-refractivity contribution in [3.8, 4) is 0 Å². The first-order valence-corrected chi connectivity index (χ1v) is 7.68. The highest BCUT2D eigenvalue weighted by atomic mass is 79.9. The summed E-state index contributed by atoms with van der Waals surface area (Å²) >= 11 is 3.40. The number of halogens is 1. The van der Waals surface area contributed by atoms with Crippen LogP contribution >= 0.6 is 15.9 Å². The fourth-order valence-electron chi connectivity index (χ4n) is 2.15. The highest BCUT2D eigenvalue weighted by Gasteiger charge is 2.09. The van der Waals surface area contributed by atoms with Gasteiger partial charge < -0.3 is 10.4 Å². The van der Waals surface area contributed by atoms with Gasteiger partial charge in [-0.15, -0.1) is 0 Å². The molecule has 0 heterocycles. The fraction of sp³-hybridized carbons (Fsp3) is 0.294. The van der Waals surface area contributed by atoms with Crippen molar-refractivity contribution in [2.45, 2.75) is 25.5 Å². The van der Waals surface area contributed by atoms with Gasteiger partial charge in [-0.1, -0.05) is 58.4 Å². The monoisotopic (exact) mass is 333 g/mol.